The predicted molar refractivity (Wildman–Crippen MR) is 81.1 cm³/mol. The van der Waals surface area contributed by atoms with Gasteiger partial charge >= 0.3 is 0 Å². The maximum absolute atomic E-state index is 6.27. The number of ether oxygens (including phenoxy) is 2. The van der Waals surface area contributed by atoms with Gasteiger partial charge in [0.25, 0.3) is 0 Å². The van der Waals surface area contributed by atoms with E-state index in [1.54, 1.807) is 13.2 Å². The van der Waals surface area contributed by atoms with Gasteiger partial charge in [0.1, 0.15) is 11.1 Å². The molecular weight excluding hydrogens is 297 g/mol. The van der Waals surface area contributed by atoms with Gasteiger partial charge in [-0.3, -0.25) is 0 Å². The van der Waals surface area contributed by atoms with E-state index >= 15 is 0 Å². The Kier molecular flexibility index (Phi) is 4.29. The summed E-state index contributed by atoms with van der Waals surface area (Å²) in [5.74, 6) is 2.47. The predicted octanol–water partition coefficient (Wildman–Crippen LogP) is 3.77. The lowest BCUT2D eigenvalue weighted by molar-refractivity contribution is 0.116. The Morgan fingerprint density at radius 3 is 2.60 bits per heavy atom. The van der Waals surface area contributed by atoms with Gasteiger partial charge in [0.15, 0.2) is 11.5 Å². The molecular formula is C15H19Cl2NO2. The second-order valence-electron chi connectivity index (χ2n) is 5.57. The van der Waals surface area contributed by atoms with Crippen LogP contribution in [0.4, 0.5) is 0 Å². The molecule has 5 heteroatoms. The summed E-state index contributed by atoms with van der Waals surface area (Å²) >= 11 is 12.2. The number of benzene rings is 1. The van der Waals surface area contributed by atoms with Crippen LogP contribution in [0, 0.1) is 11.8 Å². The first kappa shape index (κ1) is 14.3. The molecule has 1 saturated carbocycles. The lowest BCUT2D eigenvalue weighted by Crippen LogP contribution is -2.31. The van der Waals surface area contributed by atoms with Gasteiger partial charge in [-0.15, -0.1) is 0 Å². The molecule has 20 heavy (non-hydrogen) atoms. The van der Waals surface area contributed by atoms with E-state index in [-0.39, 0.29) is 6.10 Å². The van der Waals surface area contributed by atoms with Gasteiger partial charge in [0.05, 0.1) is 12.1 Å². The van der Waals surface area contributed by atoms with E-state index in [0.717, 1.165) is 13.1 Å². The Balaban J connectivity index is 1.83. The standard InChI is InChI=1S/C15H19Cl2NO2/c1-19-15-12(5-4-11(16)13(15)17)20-14(9-2-3-9)10-6-7-18-8-10/h4-5,9-10,14,18H,2-3,6-8H2,1H3/t10-,14+/m0/s1. The zero-order valence-corrected chi connectivity index (χ0v) is 13.0. The number of methoxy groups -OCH3 is 1. The maximum Gasteiger partial charge on any atom is 0.180 e. The van der Waals surface area contributed by atoms with Crippen LogP contribution >= 0.6 is 23.2 Å². The summed E-state index contributed by atoms with van der Waals surface area (Å²) < 4.78 is 11.6. The second kappa shape index (κ2) is 6.00. The van der Waals surface area contributed by atoms with Gasteiger partial charge in [-0.2, -0.15) is 0 Å². The molecule has 3 nitrogen and oxygen atoms in total. The van der Waals surface area contributed by atoms with Crippen molar-refractivity contribution in [1.29, 1.82) is 0 Å². The molecule has 2 aliphatic rings. The zero-order valence-electron chi connectivity index (χ0n) is 11.5. The summed E-state index contributed by atoms with van der Waals surface area (Å²) in [7, 11) is 1.59. The Hall–Kier alpha value is -0.640. The fourth-order valence-corrected chi connectivity index (χ4v) is 3.29. The van der Waals surface area contributed by atoms with Crippen LogP contribution in [-0.2, 0) is 0 Å². The molecule has 110 valence electrons. The number of hydrogen-bond acceptors (Lipinski definition) is 3. The van der Waals surface area contributed by atoms with Gasteiger partial charge in [-0.25, -0.2) is 0 Å². The van der Waals surface area contributed by atoms with Crippen LogP contribution in [0.5, 0.6) is 11.5 Å². The molecule has 0 aromatic heterocycles. The molecule has 1 aliphatic heterocycles. The summed E-state index contributed by atoms with van der Waals surface area (Å²) in [5, 5.41) is 4.32. The van der Waals surface area contributed by atoms with Crippen LogP contribution in [0.25, 0.3) is 0 Å². The molecule has 0 radical (unpaired) electrons. The molecule has 3 rings (SSSR count). The lowest BCUT2D eigenvalue weighted by atomic mass is 9.97. The normalized spacial score (nSPS) is 23.6. The minimum absolute atomic E-state index is 0.246. The largest absolute Gasteiger partial charge is 0.491 e. The third-order valence-corrected chi connectivity index (χ3v) is 4.92. The Labute approximate surface area is 129 Å². The highest BCUT2D eigenvalue weighted by atomic mass is 35.5. The third kappa shape index (κ3) is 2.85. The summed E-state index contributed by atoms with van der Waals surface area (Å²) in [4.78, 5) is 0. The van der Waals surface area contributed by atoms with Crippen LogP contribution in [0.1, 0.15) is 19.3 Å². The van der Waals surface area contributed by atoms with Crippen molar-refractivity contribution in [3.8, 4) is 11.5 Å². The number of halogens is 2. The molecule has 2 atom stereocenters. The summed E-state index contributed by atoms with van der Waals surface area (Å²) in [6.45, 7) is 2.11. The fourth-order valence-electron chi connectivity index (χ4n) is 2.90. The lowest BCUT2D eigenvalue weighted by Gasteiger charge is -2.25. The highest BCUT2D eigenvalue weighted by Crippen LogP contribution is 2.44. The van der Waals surface area contributed by atoms with Crippen molar-refractivity contribution in [2.45, 2.75) is 25.4 Å². The molecule has 1 aromatic carbocycles. The van der Waals surface area contributed by atoms with Gasteiger partial charge < -0.3 is 14.8 Å². The summed E-state index contributed by atoms with van der Waals surface area (Å²) in [6.07, 6.45) is 3.93. The molecule has 0 amide bonds. The molecule has 0 spiro atoms. The molecule has 1 aromatic rings. The quantitative estimate of drug-likeness (QED) is 0.897. The average Bonchev–Trinajstić information content (AvgIpc) is 3.14. The number of hydrogen-bond donors (Lipinski definition) is 1. The summed E-state index contributed by atoms with van der Waals surface area (Å²) in [6, 6.07) is 3.61. The zero-order chi connectivity index (χ0) is 14.1. The van der Waals surface area contributed by atoms with Crippen molar-refractivity contribution < 1.29 is 9.47 Å². The molecule has 1 saturated heterocycles. The Bertz CT molecular complexity index is 485. The third-order valence-electron chi connectivity index (χ3n) is 4.13. The van der Waals surface area contributed by atoms with E-state index in [1.165, 1.54) is 19.3 Å². The fraction of sp³-hybridized carbons (Fsp3) is 0.600. The highest BCUT2D eigenvalue weighted by Gasteiger charge is 2.40. The average molecular weight is 316 g/mol. The van der Waals surface area contributed by atoms with Gasteiger partial charge in [0, 0.05) is 12.5 Å². The Morgan fingerprint density at radius 2 is 2.00 bits per heavy atom. The second-order valence-corrected chi connectivity index (χ2v) is 6.35. The first-order chi connectivity index (χ1) is 9.70. The highest BCUT2D eigenvalue weighted by molar-refractivity contribution is 6.43. The maximum atomic E-state index is 6.27. The van der Waals surface area contributed by atoms with Crippen molar-refractivity contribution in [3.05, 3.63) is 22.2 Å². The number of nitrogens with one attached hydrogen (secondary N) is 1. The van der Waals surface area contributed by atoms with Gasteiger partial charge in [-0.1, -0.05) is 23.2 Å². The monoisotopic (exact) mass is 315 g/mol. The van der Waals surface area contributed by atoms with Crippen molar-refractivity contribution in [3.63, 3.8) is 0 Å². The van der Waals surface area contributed by atoms with Crippen LogP contribution in [0.3, 0.4) is 0 Å². The van der Waals surface area contributed by atoms with Gasteiger partial charge in [-0.05, 0) is 43.9 Å². The molecule has 1 N–H and O–H groups in total. The molecule has 1 aliphatic carbocycles. The van der Waals surface area contributed by atoms with Crippen molar-refractivity contribution in [2.24, 2.45) is 11.8 Å². The summed E-state index contributed by atoms with van der Waals surface area (Å²) in [5.41, 5.74) is 0. The van der Waals surface area contributed by atoms with E-state index < -0.39 is 0 Å². The van der Waals surface area contributed by atoms with E-state index in [0.29, 0.717) is 33.4 Å². The van der Waals surface area contributed by atoms with E-state index in [4.69, 9.17) is 32.7 Å². The minimum atomic E-state index is 0.246. The van der Waals surface area contributed by atoms with Crippen molar-refractivity contribution in [1.82, 2.24) is 5.32 Å². The van der Waals surface area contributed by atoms with Crippen LogP contribution < -0.4 is 14.8 Å². The van der Waals surface area contributed by atoms with Crippen LogP contribution in [0.2, 0.25) is 10.0 Å². The smallest absolute Gasteiger partial charge is 0.180 e. The first-order valence-electron chi connectivity index (χ1n) is 7.10. The topological polar surface area (TPSA) is 30.5 Å². The van der Waals surface area contributed by atoms with Crippen LogP contribution in [0.15, 0.2) is 12.1 Å². The Morgan fingerprint density at radius 1 is 1.20 bits per heavy atom. The molecule has 2 fully saturated rings. The minimum Gasteiger partial charge on any atom is -0.491 e. The van der Waals surface area contributed by atoms with E-state index in [9.17, 15) is 0 Å². The van der Waals surface area contributed by atoms with Crippen molar-refractivity contribution in [2.75, 3.05) is 20.2 Å². The molecule has 1 heterocycles. The van der Waals surface area contributed by atoms with Crippen LogP contribution in [-0.4, -0.2) is 26.3 Å². The first-order valence-corrected chi connectivity index (χ1v) is 7.85. The molecule has 0 bridgehead atoms. The van der Waals surface area contributed by atoms with E-state index in [2.05, 4.69) is 5.32 Å². The van der Waals surface area contributed by atoms with E-state index in [1.807, 2.05) is 6.07 Å². The van der Waals surface area contributed by atoms with Gasteiger partial charge in [0.2, 0.25) is 0 Å². The van der Waals surface area contributed by atoms with Crippen molar-refractivity contribution >= 4 is 23.2 Å². The number of rotatable bonds is 5. The SMILES string of the molecule is COc1c(O[C@H](C2CC2)[C@H]2CCNC2)ccc(Cl)c1Cl. The molecule has 0 unspecified atom stereocenters.